The van der Waals surface area contributed by atoms with E-state index in [2.05, 4.69) is 19.2 Å². The van der Waals surface area contributed by atoms with Crippen LogP contribution < -0.4 is 5.32 Å². The van der Waals surface area contributed by atoms with Crippen LogP contribution in [0.2, 0.25) is 0 Å². The molecule has 5 rings (SSSR count). The second-order valence-corrected chi connectivity index (χ2v) is 5.60. The molecule has 0 aromatic heterocycles. The summed E-state index contributed by atoms with van der Waals surface area (Å²) in [5, 5.41) is 3.57. The molecule has 1 N–H and O–H groups in total. The van der Waals surface area contributed by atoms with Crippen molar-refractivity contribution in [1.82, 2.24) is 5.32 Å². The Bertz CT molecular complexity index is 262. The Balaban J connectivity index is 1.65. The molecule has 0 heterocycles. The van der Waals surface area contributed by atoms with Gasteiger partial charge in [0.05, 0.1) is 0 Å². The highest BCUT2D eigenvalue weighted by Crippen LogP contribution is 3.04. The molecule has 66 valence electrons. The van der Waals surface area contributed by atoms with Gasteiger partial charge in [-0.05, 0) is 47.5 Å². The van der Waals surface area contributed by atoms with Gasteiger partial charge < -0.3 is 5.32 Å². The normalized spacial score (nSPS) is 73.5. The highest BCUT2D eigenvalue weighted by molar-refractivity contribution is 5.48. The SMILES string of the molecule is CCNCC12C3CC4C(C31)C42C. The molecule has 12 heavy (non-hydrogen) atoms. The van der Waals surface area contributed by atoms with Gasteiger partial charge in [-0.2, -0.15) is 0 Å². The Labute approximate surface area is 73.9 Å². The summed E-state index contributed by atoms with van der Waals surface area (Å²) in [6.07, 6.45) is 1.59. The number of rotatable bonds is 3. The fourth-order valence-corrected chi connectivity index (χ4v) is 5.49. The van der Waals surface area contributed by atoms with Crippen LogP contribution in [0.3, 0.4) is 0 Å². The third-order valence-corrected chi connectivity index (χ3v) is 5.93. The third kappa shape index (κ3) is 0.320. The van der Waals surface area contributed by atoms with Crippen molar-refractivity contribution in [1.29, 1.82) is 0 Å². The van der Waals surface area contributed by atoms with Gasteiger partial charge in [0.1, 0.15) is 0 Å². The van der Waals surface area contributed by atoms with Crippen LogP contribution in [0.25, 0.3) is 0 Å². The number of hydrogen-bond donors (Lipinski definition) is 1. The van der Waals surface area contributed by atoms with Crippen molar-refractivity contribution >= 4 is 0 Å². The zero-order valence-electron chi connectivity index (χ0n) is 7.93. The smallest absolute Gasteiger partial charge is 0.00188 e. The van der Waals surface area contributed by atoms with E-state index in [9.17, 15) is 0 Å². The van der Waals surface area contributed by atoms with Gasteiger partial charge in [0, 0.05) is 6.54 Å². The Kier molecular flexibility index (Phi) is 0.744. The van der Waals surface area contributed by atoms with Crippen LogP contribution in [0.4, 0.5) is 0 Å². The van der Waals surface area contributed by atoms with E-state index in [4.69, 9.17) is 0 Å². The van der Waals surface area contributed by atoms with Crippen molar-refractivity contribution in [3.8, 4) is 0 Å². The summed E-state index contributed by atoms with van der Waals surface area (Å²) in [5.41, 5.74) is 1.67. The molecule has 0 aromatic rings. The maximum Gasteiger partial charge on any atom is 0.00188 e. The molecule has 1 heteroatoms. The Morgan fingerprint density at radius 3 is 2.58 bits per heavy atom. The van der Waals surface area contributed by atoms with Gasteiger partial charge in [-0.1, -0.05) is 13.8 Å². The topological polar surface area (TPSA) is 12.0 Å². The summed E-state index contributed by atoms with van der Waals surface area (Å²) in [7, 11) is 0. The van der Waals surface area contributed by atoms with Gasteiger partial charge in [-0.3, -0.25) is 0 Å². The molecule has 2 bridgehead atoms. The minimum absolute atomic E-state index is 0.832. The average Bonchev–Trinajstić information content (AvgIpc) is 2.67. The van der Waals surface area contributed by atoms with Crippen molar-refractivity contribution in [3.63, 3.8) is 0 Å². The first kappa shape index (κ1) is 6.42. The summed E-state index contributed by atoms with van der Waals surface area (Å²) in [6.45, 7) is 7.28. The van der Waals surface area contributed by atoms with E-state index in [1.807, 2.05) is 0 Å². The maximum absolute atomic E-state index is 3.57. The first-order valence-electron chi connectivity index (χ1n) is 5.49. The second kappa shape index (κ2) is 1.39. The van der Waals surface area contributed by atoms with Crippen LogP contribution >= 0.6 is 0 Å². The predicted octanol–water partition coefficient (Wildman–Crippen LogP) is 1.50. The molecule has 0 saturated heterocycles. The Morgan fingerprint density at radius 1 is 1.33 bits per heavy atom. The average molecular weight is 163 g/mol. The lowest BCUT2D eigenvalue weighted by molar-refractivity contribution is 0.153. The van der Waals surface area contributed by atoms with Crippen LogP contribution in [-0.4, -0.2) is 13.1 Å². The third-order valence-electron chi connectivity index (χ3n) is 5.93. The molecular weight excluding hydrogens is 146 g/mol. The quantitative estimate of drug-likeness (QED) is 0.665. The standard InChI is InChI=1S/C11H17N/c1-3-12-5-11-7-4-6-8(9(7)11)10(6,11)2/h6-9,12H,3-5H2,1-2H3. The lowest BCUT2D eigenvalue weighted by Gasteiger charge is -2.33. The van der Waals surface area contributed by atoms with Crippen LogP contribution in [-0.2, 0) is 0 Å². The van der Waals surface area contributed by atoms with Gasteiger partial charge in [0.25, 0.3) is 0 Å². The summed E-state index contributed by atoms with van der Waals surface area (Å²) >= 11 is 0. The monoisotopic (exact) mass is 163 g/mol. The zero-order valence-corrected chi connectivity index (χ0v) is 7.93. The number of nitrogens with one attached hydrogen (secondary N) is 1. The van der Waals surface area contributed by atoms with Crippen molar-refractivity contribution in [2.24, 2.45) is 34.5 Å². The predicted molar refractivity (Wildman–Crippen MR) is 47.7 cm³/mol. The molecular formula is C11H17N. The summed E-state index contributed by atoms with van der Waals surface area (Å²) in [4.78, 5) is 0. The van der Waals surface area contributed by atoms with Crippen molar-refractivity contribution < 1.29 is 0 Å². The first-order valence-corrected chi connectivity index (χ1v) is 5.49. The van der Waals surface area contributed by atoms with E-state index in [0.29, 0.717) is 0 Å². The van der Waals surface area contributed by atoms with Gasteiger partial charge in [0.15, 0.2) is 0 Å². The van der Waals surface area contributed by atoms with Crippen LogP contribution in [0.15, 0.2) is 0 Å². The Hall–Kier alpha value is -0.0400. The second-order valence-electron chi connectivity index (χ2n) is 5.60. The van der Waals surface area contributed by atoms with E-state index < -0.39 is 0 Å². The highest BCUT2D eigenvalue weighted by atomic mass is 15.1. The minimum atomic E-state index is 0.832. The van der Waals surface area contributed by atoms with E-state index >= 15 is 0 Å². The van der Waals surface area contributed by atoms with Gasteiger partial charge in [-0.15, -0.1) is 0 Å². The molecule has 0 aliphatic heterocycles. The molecule has 5 aliphatic carbocycles. The molecule has 1 nitrogen and oxygen atoms in total. The highest BCUT2D eigenvalue weighted by Gasteiger charge is 3.01. The molecule has 5 saturated carbocycles. The minimum Gasteiger partial charge on any atom is -0.316 e. The van der Waals surface area contributed by atoms with Gasteiger partial charge in [-0.25, -0.2) is 0 Å². The molecule has 0 amide bonds. The summed E-state index contributed by atoms with van der Waals surface area (Å²) in [5.74, 6) is 4.72. The first-order chi connectivity index (χ1) is 5.78. The fraction of sp³-hybridized carbons (Fsp3) is 1.00. The van der Waals surface area contributed by atoms with Crippen LogP contribution in [0, 0.1) is 34.5 Å². The fourth-order valence-electron chi connectivity index (χ4n) is 5.49. The zero-order chi connectivity index (χ0) is 8.14. The summed E-state index contributed by atoms with van der Waals surface area (Å²) < 4.78 is 0. The maximum atomic E-state index is 3.57. The summed E-state index contributed by atoms with van der Waals surface area (Å²) in [6, 6.07) is 0. The molecule has 5 fully saturated rings. The van der Waals surface area contributed by atoms with Gasteiger partial charge >= 0.3 is 0 Å². The van der Waals surface area contributed by atoms with Gasteiger partial charge in [0.2, 0.25) is 0 Å². The van der Waals surface area contributed by atoms with Crippen molar-refractivity contribution in [2.75, 3.05) is 13.1 Å². The van der Waals surface area contributed by atoms with Crippen molar-refractivity contribution in [3.05, 3.63) is 0 Å². The molecule has 0 radical (unpaired) electrons. The van der Waals surface area contributed by atoms with E-state index in [1.165, 1.54) is 24.3 Å². The van der Waals surface area contributed by atoms with Crippen LogP contribution in [0.5, 0.6) is 0 Å². The van der Waals surface area contributed by atoms with E-state index in [0.717, 1.165) is 23.3 Å². The number of hydrogen-bond acceptors (Lipinski definition) is 1. The largest absolute Gasteiger partial charge is 0.316 e. The van der Waals surface area contributed by atoms with Crippen LogP contribution in [0.1, 0.15) is 20.3 Å². The molecule has 0 spiro atoms. The molecule has 0 aromatic carbocycles. The lowest BCUT2D eigenvalue weighted by Crippen LogP contribution is -2.38. The van der Waals surface area contributed by atoms with E-state index in [1.54, 1.807) is 6.42 Å². The lowest BCUT2D eigenvalue weighted by atomic mass is 9.73. The van der Waals surface area contributed by atoms with E-state index in [-0.39, 0.29) is 0 Å². The Morgan fingerprint density at radius 2 is 2.17 bits per heavy atom. The van der Waals surface area contributed by atoms with Crippen molar-refractivity contribution in [2.45, 2.75) is 20.3 Å². The molecule has 6 atom stereocenters. The molecule has 6 unspecified atom stereocenters. The molecule has 5 aliphatic rings.